The first-order chi connectivity index (χ1) is 11.8. The summed E-state index contributed by atoms with van der Waals surface area (Å²) in [5, 5.41) is 3.05. The molecule has 1 amide bonds. The Hall–Kier alpha value is -2.43. The molecule has 1 aromatic heterocycles. The van der Waals surface area contributed by atoms with E-state index in [4.69, 9.17) is 4.98 Å². The lowest BCUT2D eigenvalue weighted by Crippen LogP contribution is -2.36. The van der Waals surface area contributed by atoms with E-state index in [9.17, 15) is 4.79 Å². The number of carbonyl (C=O) groups excluding carboxylic acids is 1. The van der Waals surface area contributed by atoms with Crippen molar-refractivity contribution in [3.8, 4) is 0 Å². The minimum absolute atomic E-state index is 0.00951. The fourth-order valence-electron chi connectivity index (χ4n) is 3.52. The van der Waals surface area contributed by atoms with Gasteiger partial charge in [0.25, 0.3) is 0 Å². The van der Waals surface area contributed by atoms with Crippen molar-refractivity contribution in [2.75, 3.05) is 11.9 Å². The predicted octanol–water partition coefficient (Wildman–Crippen LogP) is 3.26. The fraction of sp³-hybridized carbons (Fsp3) is 0.450. The number of anilines is 1. The molecule has 1 N–H and O–H groups in total. The van der Waals surface area contributed by atoms with Gasteiger partial charge in [0.05, 0.1) is 11.7 Å². The monoisotopic (exact) mass is 338 g/mol. The first-order valence-corrected chi connectivity index (χ1v) is 8.72. The van der Waals surface area contributed by atoms with Crippen molar-refractivity contribution in [1.29, 1.82) is 0 Å². The van der Waals surface area contributed by atoms with Gasteiger partial charge in [0, 0.05) is 32.3 Å². The Labute approximate surface area is 149 Å². The second-order valence-corrected chi connectivity index (χ2v) is 7.71. The molecule has 2 aromatic rings. The van der Waals surface area contributed by atoms with Gasteiger partial charge in [-0.3, -0.25) is 4.79 Å². The minimum Gasteiger partial charge on any atom is -0.349 e. The largest absolute Gasteiger partial charge is 0.349 e. The van der Waals surface area contributed by atoms with Gasteiger partial charge in [-0.25, -0.2) is 9.97 Å². The molecule has 1 heterocycles. The van der Waals surface area contributed by atoms with Crippen molar-refractivity contribution < 1.29 is 4.79 Å². The maximum atomic E-state index is 11.6. The maximum absolute atomic E-state index is 11.6. The van der Waals surface area contributed by atoms with Gasteiger partial charge in [0.15, 0.2) is 0 Å². The molecular formula is C20H26N4O. The van der Waals surface area contributed by atoms with Crippen LogP contribution < -0.4 is 10.2 Å². The van der Waals surface area contributed by atoms with Gasteiger partial charge >= 0.3 is 0 Å². The summed E-state index contributed by atoms with van der Waals surface area (Å²) < 4.78 is 0. The summed E-state index contributed by atoms with van der Waals surface area (Å²) in [5.41, 5.74) is 3.41. The van der Waals surface area contributed by atoms with Crippen LogP contribution in [-0.4, -0.2) is 22.9 Å². The molecule has 1 atom stereocenters. The molecule has 1 unspecified atom stereocenters. The van der Waals surface area contributed by atoms with Gasteiger partial charge in [0.1, 0.15) is 0 Å². The number of nitrogens with zero attached hydrogens (tertiary/aromatic N) is 3. The van der Waals surface area contributed by atoms with Crippen molar-refractivity contribution in [1.82, 2.24) is 15.3 Å². The molecule has 5 nitrogen and oxygen atoms in total. The van der Waals surface area contributed by atoms with Crippen LogP contribution in [0, 0.1) is 5.41 Å². The summed E-state index contributed by atoms with van der Waals surface area (Å²) in [6.07, 6.45) is 3.68. The Morgan fingerprint density at radius 2 is 2.04 bits per heavy atom. The number of carbonyl (C=O) groups is 1. The van der Waals surface area contributed by atoms with Crippen LogP contribution in [0.15, 0.2) is 36.5 Å². The Balaban J connectivity index is 1.86. The zero-order valence-electron chi connectivity index (χ0n) is 15.4. The minimum atomic E-state index is -0.0149. The van der Waals surface area contributed by atoms with Gasteiger partial charge in [-0.15, -0.1) is 0 Å². The van der Waals surface area contributed by atoms with Crippen LogP contribution in [0.3, 0.4) is 0 Å². The number of benzene rings is 1. The molecule has 0 bridgehead atoms. The quantitative estimate of drug-likeness (QED) is 0.929. The molecule has 0 saturated heterocycles. The van der Waals surface area contributed by atoms with Crippen LogP contribution in [-0.2, 0) is 17.8 Å². The highest BCUT2D eigenvalue weighted by Crippen LogP contribution is 2.40. The number of amides is 1. The highest BCUT2D eigenvalue weighted by molar-refractivity contribution is 5.73. The van der Waals surface area contributed by atoms with E-state index in [-0.39, 0.29) is 17.4 Å². The lowest BCUT2D eigenvalue weighted by Gasteiger charge is -2.36. The molecule has 0 spiro atoms. The lowest BCUT2D eigenvalue weighted by atomic mass is 9.74. The number of fused-ring (bicyclic) bond motifs is 1. The first-order valence-electron chi connectivity index (χ1n) is 8.72. The molecular weight excluding hydrogens is 312 g/mol. The van der Waals surface area contributed by atoms with Gasteiger partial charge in [-0.2, -0.15) is 0 Å². The van der Waals surface area contributed by atoms with Crippen LogP contribution >= 0.6 is 0 Å². The Kier molecular flexibility index (Phi) is 4.75. The Morgan fingerprint density at radius 3 is 2.72 bits per heavy atom. The molecule has 132 valence electrons. The summed E-state index contributed by atoms with van der Waals surface area (Å²) in [6, 6.07) is 10.3. The van der Waals surface area contributed by atoms with E-state index in [0.717, 1.165) is 36.6 Å². The van der Waals surface area contributed by atoms with Crippen molar-refractivity contribution in [2.24, 2.45) is 5.41 Å². The maximum Gasteiger partial charge on any atom is 0.225 e. The smallest absolute Gasteiger partial charge is 0.225 e. The molecule has 3 rings (SSSR count). The number of hydrogen-bond donors (Lipinski definition) is 1. The number of aromatic nitrogens is 2. The second kappa shape index (κ2) is 6.82. The van der Waals surface area contributed by atoms with Crippen molar-refractivity contribution in [2.45, 2.75) is 46.2 Å². The van der Waals surface area contributed by atoms with Crippen LogP contribution in [0.2, 0.25) is 0 Å². The summed E-state index contributed by atoms with van der Waals surface area (Å²) in [7, 11) is 2.01. The average Bonchev–Trinajstić information content (AvgIpc) is 2.53. The normalized spacial score (nSPS) is 18.3. The Bertz CT molecular complexity index is 758. The van der Waals surface area contributed by atoms with E-state index in [1.54, 1.807) is 6.92 Å². The Morgan fingerprint density at radius 1 is 1.32 bits per heavy atom. The van der Waals surface area contributed by atoms with Gasteiger partial charge < -0.3 is 10.2 Å². The SMILES string of the molecule is CC(=O)NC1CC(C)(C)Cc2nc(N(C)Cc3ccccc3)ncc21. The summed E-state index contributed by atoms with van der Waals surface area (Å²) >= 11 is 0. The zero-order valence-corrected chi connectivity index (χ0v) is 15.4. The topological polar surface area (TPSA) is 58.1 Å². The number of rotatable bonds is 4. The van der Waals surface area contributed by atoms with E-state index in [1.165, 1.54) is 5.56 Å². The third-order valence-electron chi connectivity index (χ3n) is 4.65. The molecule has 25 heavy (non-hydrogen) atoms. The van der Waals surface area contributed by atoms with Gasteiger partial charge in [0.2, 0.25) is 11.9 Å². The molecule has 0 aliphatic heterocycles. The number of nitrogens with one attached hydrogen (secondary N) is 1. The third kappa shape index (κ3) is 4.16. The molecule has 0 fully saturated rings. The standard InChI is InChI=1S/C20H26N4O/c1-14(25)22-17-10-20(2,3)11-18-16(17)12-21-19(23-18)24(4)13-15-8-6-5-7-9-15/h5-9,12,17H,10-11,13H2,1-4H3,(H,22,25). The highest BCUT2D eigenvalue weighted by atomic mass is 16.1. The van der Waals surface area contributed by atoms with Crippen LogP contribution in [0.25, 0.3) is 0 Å². The van der Waals surface area contributed by atoms with E-state index in [1.807, 2.05) is 31.4 Å². The summed E-state index contributed by atoms with van der Waals surface area (Å²) in [5.74, 6) is 0.709. The van der Waals surface area contributed by atoms with Crippen LogP contribution in [0.4, 0.5) is 5.95 Å². The summed E-state index contributed by atoms with van der Waals surface area (Å²) in [6.45, 7) is 6.77. The van der Waals surface area contributed by atoms with Gasteiger partial charge in [-0.05, 0) is 23.8 Å². The summed E-state index contributed by atoms with van der Waals surface area (Å²) in [4.78, 5) is 23.0. The average molecular weight is 338 g/mol. The zero-order chi connectivity index (χ0) is 18.0. The lowest BCUT2D eigenvalue weighted by molar-refractivity contribution is -0.120. The van der Waals surface area contributed by atoms with Gasteiger partial charge in [-0.1, -0.05) is 44.2 Å². The molecule has 1 aliphatic carbocycles. The highest BCUT2D eigenvalue weighted by Gasteiger charge is 2.34. The van der Waals surface area contributed by atoms with Crippen molar-refractivity contribution >= 4 is 11.9 Å². The second-order valence-electron chi connectivity index (χ2n) is 7.71. The fourth-order valence-corrected chi connectivity index (χ4v) is 3.52. The van der Waals surface area contributed by atoms with Crippen molar-refractivity contribution in [3.05, 3.63) is 53.3 Å². The molecule has 1 aliphatic rings. The molecule has 0 saturated carbocycles. The number of hydrogen-bond acceptors (Lipinski definition) is 4. The molecule has 5 heteroatoms. The van der Waals surface area contributed by atoms with E-state index >= 15 is 0 Å². The van der Waals surface area contributed by atoms with E-state index < -0.39 is 0 Å². The van der Waals surface area contributed by atoms with Crippen molar-refractivity contribution in [3.63, 3.8) is 0 Å². The van der Waals surface area contributed by atoms with Crippen LogP contribution in [0.5, 0.6) is 0 Å². The van der Waals surface area contributed by atoms with E-state index in [2.05, 4.69) is 41.2 Å². The molecule has 1 aromatic carbocycles. The predicted molar refractivity (Wildman–Crippen MR) is 99.2 cm³/mol. The third-order valence-corrected chi connectivity index (χ3v) is 4.65. The van der Waals surface area contributed by atoms with Crippen LogP contribution in [0.1, 0.15) is 50.1 Å². The molecule has 0 radical (unpaired) electrons. The first kappa shape index (κ1) is 17.4. The van der Waals surface area contributed by atoms with E-state index in [0.29, 0.717) is 0 Å².